The summed E-state index contributed by atoms with van der Waals surface area (Å²) in [6.07, 6.45) is 0.654. The van der Waals surface area contributed by atoms with Crippen molar-refractivity contribution in [3.63, 3.8) is 0 Å². The van der Waals surface area contributed by atoms with Gasteiger partial charge in [-0.05, 0) is 24.4 Å². The number of nitrogens with two attached hydrogens (primary N) is 1. The summed E-state index contributed by atoms with van der Waals surface area (Å²) in [5.74, 6) is 0. The molecular formula is C8H15N3O2S2. The van der Waals surface area contributed by atoms with E-state index in [1.54, 1.807) is 11.4 Å². The maximum absolute atomic E-state index is 11.7. The maximum atomic E-state index is 11.7. The van der Waals surface area contributed by atoms with Gasteiger partial charge in [0.15, 0.2) is 0 Å². The molecule has 1 aromatic heterocycles. The van der Waals surface area contributed by atoms with Crippen LogP contribution < -0.4 is 10.5 Å². The fourth-order valence-corrected chi connectivity index (χ4v) is 2.60. The van der Waals surface area contributed by atoms with Gasteiger partial charge in [0.05, 0.1) is 5.69 Å². The van der Waals surface area contributed by atoms with E-state index < -0.39 is 10.2 Å². The van der Waals surface area contributed by atoms with Gasteiger partial charge in [-0.1, -0.05) is 0 Å². The van der Waals surface area contributed by atoms with Crippen molar-refractivity contribution in [1.82, 2.24) is 4.31 Å². The highest BCUT2D eigenvalue weighted by Crippen LogP contribution is 2.14. The molecule has 86 valence electrons. The lowest BCUT2D eigenvalue weighted by Crippen LogP contribution is -2.33. The fraction of sp³-hybridized carbons (Fsp3) is 0.500. The highest BCUT2D eigenvalue weighted by Gasteiger charge is 2.16. The first-order valence-corrected chi connectivity index (χ1v) is 6.91. The molecule has 0 aromatic carbocycles. The number of hydrogen-bond donors (Lipinski definition) is 2. The molecule has 0 spiro atoms. The molecule has 0 unspecified atom stereocenters. The molecule has 1 aromatic rings. The Kier molecular flexibility index (Phi) is 4.52. The Morgan fingerprint density at radius 2 is 2.33 bits per heavy atom. The molecule has 15 heavy (non-hydrogen) atoms. The molecule has 3 N–H and O–H groups in total. The van der Waals surface area contributed by atoms with E-state index in [4.69, 9.17) is 5.73 Å². The lowest BCUT2D eigenvalue weighted by molar-refractivity contribution is 0.468. The molecule has 0 atom stereocenters. The summed E-state index contributed by atoms with van der Waals surface area (Å²) in [6, 6.07) is 1.72. The van der Waals surface area contributed by atoms with Crippen molar-refractivity contribution >= 4 is 27.2 Å². The Hall–Kier alpha value is -0.630. The van der Waals surface area contributed by atoms with Gasteiger partial charge in [0.25, 0.3) is 0 Å². The van der Waals surface area contributed by atoms with Crippen molar-refractivity contribution in [3.05, 3.63) is 16.8 Å². The second-order valence-corrected chi connectivity index (χ2v) is 5.64. The Balaban J connectivity index is 2.59. The van der Waals surface area contributed by atoms with Gasteiger partial charge in [0.1, 0.15) is 0 Å². The van der Waals surface area contributed by atoms with Crippen molar-refractivity contribution in [2.75, 3.05) is 24.9 Å². The SMILES string of the molecule is CN(CCCN)S(=O)(=O)Nc1ccsc1. The van der Waals surface area contributed by atoms with Gasteiger partial charge in [0, 0.05) is 19.0 Å². The van der Waals surface area contributed by atoms with Crippen LogP contribution in [0, 0.1) is 0 Å². The van der Waals surface area contributed by atoms with Crippen LogP contribution in [0.3, 0.4) is 0 Å². The number of thiophene rings is 1. The monoisotopic (exact) mass is 249 g/mol. The van der Waals surface area contributed by atoms with Crippen molar-refractivity contribution in [2.45, 2.75) is 6.42 Å². The third-order valence-electron chi connectivity index (χ3n) is 1.86. The van der Waals surface area contributed by atoms with Crippen LogP contribution >= 0.6 is 11.3 Å². The average Bonchev–Trinajstić information content (AvgIpc) is 2.65. The van der Waals surface area contributed by atoms with Crippen LogP contribution in [0.25, 0.3) is 0 Å². The predicted octanol–water partition coefficient (Wildman–Crippen LogP) is 0.685. The Bertz CT molecular complexity index is 375. The molecule has 0 aliphatic carbocycles. The summed E-state index contributed by atoms with van der Waals surface area (Å²) in [5.41, 5.74) is 5.91. The minimum atomic E-state index is -3.42. The van der Waals surface area contributed by atoms with E-state index in [9.17, 15) is 8.42 Å². The fourth-order valence-electron chi connectivity index (χ4n) is 0.984. The molecule has 0 aliphatic heterocycles. The summed E-state index contributed by atoms with van der Waals surface area (Å²) in [6.45, 7) is 0.911. The first-order chi connectivity index (χ1) is 7.06. The molecule has 0 bridgehead atoms. The highest BCUT2D eigenvalue weighted by atomic mass is 32.2. The maximum Gasteiger partial charge on any atom is 0.301 e. The van der Waals surface area contributed by atoms with Crippen LogP contribution in [-0.4, -0.2) is 32.9 Å². The number of nitrogens with one attached hydrogen (secondary N) is 1. The molecule has 7 heteroatoms. The van der Waals surface area contributed by atoms with Gasteiger partial charge in [-0.25, -0.2) is 0 Å². The van der Waals surface area contributed by atoms with Crippen molar-refractivity contribution < 1.29 is 8.42 Å². The summed E-state index contributed by atoms with van der Waals surface area (Å²) >= 11 is 1.44. The molecule has 0 radical (unpaired) electrons. The van der Waals surface area contributed by atoms with Crippen LogP contribution in [0.15, 0.2) is 16.8 Å². The van der Waals surface area contributed by atoms with E-state index in [1.165, 1.54) is 22.7 Å². The molecule has 1 heterocycles. The zero-order valence-corrected chi connectivity index (χ0v) is 10.1. The summed E-state index contributed by atoms with van der Waals surface area (Å²) in [7, 11) is -1.89. The zero-order valence-electron chi connectivity index (χ0n) is 8.51. The van der Waals surface area contributed by atoms with Gasteiger partial charge in [-0.3, -0.25) is 4.72 Å². The molecule has 1 rings (SSSR count). The Labute approximate surface area is 94.1 Å². The van der Waals surface area contributed by atoms with E-state index in [-0.39, 0.29) is 0 Å². The molecule has 0 amide bonds. The largest absolute Gasteiger partial charge is 0.330 e. The topological polar surface area (TPSA) is 75.4 Å². The van der Waals surface area contributed by atoms with Gasteiger partial charge >= 0.3 is 10.2 Å². The summed E-state index contributed by atoms with van der Waals surface area (Å²) < 4.78 is 27.1. The van der Waals surface area contributed by atoms with E-state index in [0.29, 0.717) is 25.2 Å². The van der Waals surface area contributed by atoms with E-state index in [0.717, 1.165) is 0 Å². The third kappa shape index (κ3) is 3.78. The number of anilines is 1. The van der Waals surface area contributed by atoms with E-state index >= 15 is 0 Å². The number of rotatable bonds is 6. The second kappa shape index (κ2) is 5.45. The summed E-state index contributed by atoms with van der Waals surface area (Å²) in [4.78, 5) is 0. The van der Waals surface area contributed by atoms with Crippen molar-refractivity contribution in [3.8, 4) is 0 Å². The average molecular weight is 249 g/mol. The highest BCUT2D eigenvalue weighted by molar-refractivity contribution is 7.90. The van der Waals surface area contributed by atoms with Gasteiger partial charge in [-0.2, -0.15) is 24.1 Å². The number of hydrogen-bond acceptors (Lipinski definition) is 4. The molecule has 0 saturated carbocycles. The van der Waals surface area contributed by atoms with E-state index in [1.807, 2.05) is 5.38 Å². The molecule has 0 saturated heterocycles. The van der Waals surface area contributed by atoms with Crippen LogP contribution in [0.5, 0.6) is 0 Å². The van der Waals surface area contributed by atoms with Gasteiger partial charge < -0.3 is 5.73 Å². The molecule has 0 aliphatic rings. The minimum absolute atomic E-state index is 0.427. The van der Waals surface area contributed by atoms with Gasteiger partial charge in [0.2, 0.25) is 0 Å². The lowest BCUT2D eigenvalue weighted by atomic mass is 10.4. The Morgan fingerprint density at radius 1 is 1.60 bits per heavy atom. The predicted molar refractivity (Wildman–Crippen MR) is 63.2 cm³/mol. The summed E-state index contributed by atoms with van der Waals surface area (Å²) in [5, 5.41) is 3.56. The standard InChI is InChI=1S/C8H15N3O2S2/c1-11(5-2-4-9)15(12,13)10-8-3-6-14-7-8/h3,6-7,10H,2,4-5,9H2,1H3. The van der Waals surface area contributed by atoms with Crippen LogP contribution in [0.2, 0.25) is 0 Å². The Morgan fingerprint density at radius 3 is 2.87 bits per heavy atom. The minimum Gasteiger partial charge on any atom is -0.330 e. The van der Waals surface area contributed by atoms with Crippen LogP contribution in [0.1, 0.15) is 6.42 Å². The van der Waals surface area contributed by atoms with Crippen molar-refractivity contribution in [1.29, 1.82) is 0 Å². The van der Waals surface area contributed by atoms with E-state index in [2.05, 4.69) is 4.72 Å². The molecular weight excluding hydrogens is 234 g/mol. The molecule has 0 fully saturated rings. The second-order valence-electron chi connectivity index (χ2n) is 3.08. The van der Waals surface area contributed by atoms with Gasteiger partial charge in [-0.15, -0.1) is 0 Å². The lowest BCUT2D eigenvalue weighted by Gasteiger charge is -2.17. The normalized spacial score (nSPS) is 11.9. The smallest absolute Gasteiger partial charge is 0.301 e. The first-order valence-electron chi connectivity index (χ1n) is 4.52. The first kappa shape index (κ1) is 12.4. The third-order valence-corrected chi connectivity index (χ3v) is 4.04. The van der Waals surface area contributed by atoms with Crippen molar-refractivity contribution in [2.24, 2.45) is 5.73 Å². The quantitative estimate of drug-likeness (QED) is 0.778. The van der Waals surface area contributed by atoms with Crippen LogP contribution in [-0.2, 0) is 10.2 Å². The zero-order chi connectivity index (χ0) is 11.3. The molecule has 5 nitrogen and oxygen atoms in total. The number of nitrogens with zero attached hydrogens (tertiary/aromatic N) is 1. The van der Waals surface area contributed by atoms with Crippen LogP contribution in [0.4, 0.5) is 5.69 Å².